The van der Waals surface area contributed by atoms with Crippen molar-refractivity contribution in [3.8, 4) is 5.75 Å². The number of hydrogen-bond acceptors (Lipinski definition) is 4. The first-order valence-electron chi connectivity index (χ1n) is 11.3. The molecule has 1 saturated heterocycles. The van der Waals surface area contributed by atoms with Crippen LogP contribution in [0.1, 0.15) is 54.5 Å². The van der Waals surface area contributed by atoms with E-state index in [4.69, 9.17) is 9.84 Å². The van der Waals surface area contributed by atoms with E-state index >= 15 is 0 Å². The highest BCUT2D eigenvalue weighted by molar-refractivity contribution is 6.04. The molecule has 1 atom stereocenters. The van der Waals surface area contributed by atoms with Crippen LogP contribution in [0.3, 0.4) is 0 Å². The van der Waals surface area contributed by atoms with E-state index in [9.17, 15) is 4.79 Å². The van der Waals surface area contributed by atoms with E-state index in [1.54, 1.807) is 12.1 Å². The Morgan fingerprint density at radius 1 is 1.13 bits per heavy atom. The molecule has 4 rings (SSSR count). The largest absolute Gasteiger partial charge is 0.497 e. The monoisotopic (exact) mass is 419 g/mol. The molecule has 2 aromatic carbocycles. The second kappa shape index (κ2) is 9.23. The van der Waals surface area contributed by atoms with Crippen LogP contribution >= 0.6 is 0 Å². The topological polar surface area (TPSA) is 45.1 Å². The third kappa shape index (κ3) is 4.82. The maximum Gasteiger partial charge on any atom is 0.257 e. The number of amides is 1. The first kappa shape index (κ1) is 21.6. The van der Waals surface area contributed by atoms with Crippen molar-refractivity contribution in [1.82, 2.24) is 9.91 Å². The Balaban J connectivity index is 1.62. The van der Waals surface area contributed by atoms with Gasteiger partial charge in [0.1, 0.15) is 5.75 Å². The van der Waals surface area contributed by atoms with Gasteiger partial charge in [0.25, 0.3) is 5.91 Å². The summed E-state index contributed by atoms with van der Waals surface area (Å²) in [6.07, 6.45) is 3.02. The molecule has 31 heavy (non-hydrogen) atoms. The lowest BCUT2D eigenvalue weighted by Crippen LogP contribution is -2.41. The number of carbonyl (C=O) groups excluding carboxylic acids is 1. The lowest BCUT2D eigenvalue weighted by Gasteiger charge is -2.31. The smallest absolute Gasteiger partial charge is 0.257 e. The zero-order valence-corrected chi connectivity index (χ0v) is 19.1. The average molecular weight is 420 g/mol. The number of benzene rings is 2. The molecule has 0 spiro atoms. The third-order valence-corrected chi connectivity index (χ3v) is 6.57. The Kier molecular flexibility index (Phi) is 6.42. The molecule has 5 heteroatoms. The fourth-order valence-electron chi connectivity index (χ4n) is 4.63. The normalized spacial score (nSPS) is 20.1. The number of hydrogen-bond donors (Lipinski definition) is 0. The van der Waals surface area contributed by atoms with Crippen LogP contribution in [-0.2, 0) is 4.79 Å². The zero-order chi connectivity index (χ0) is 22.0. The van der Waals surface area contributed by atoms with Gasteiger partial charge in [-0.2, -0.15) is 5.10 Å². The van der Waals surface area contributed by atoms with Gasteiger partial charge in [0.2, 0.25) is 0 Å². The summed E-state index contributed by atoms with van der Waals surface area (Å²) in [5, 5.41) is 6.60. The van der Waals surface area contributed by atoms with Crippen LogP contribution in [0.4, 0.5) is 0 Å². The van der Waals surface area contributed by atoms with Crippen LogP contribution in [0, 0.1) is 19.8 Å². The molecule has 0 aromatic heterocycles. The number of rotatable bonds is 5. The number of methoxy groups -OCH3 is 1. The average Bonchev–Trinajstić information content (AvgIpc) is 3.21. The summed E-state index contributed by atoms with van der Waals surface area (Å²) in [5.41, 5.74) is 5.59. The van der Waals surface area contributed by atoms with Crippen LogP contribution in [0.15, 0.2) is 47.6 Å². The number of likely N-dealkylation sites (tertiary alicyclic amines) is 1. The maximum absolute atomic E-state index is 13.4. The number of aryl methyl sites for hydroxylation is 2. The summed E-state index contributed by atoms with van der Waals surface area (Å²) in [4.78, 5) is 15.7. The number of ether oxygens (including phenoxy) is 1. The van der Waals surface area contributed by atoms with Gasteiger partial charge in [0.05, 0.1) is 25.4 Å². The summed E-state index contributed by atoms with van der Waals surface area (Å²) in [5.74, 6) is 1.62. The summed E-state index contributed by atoms with van der Waals surface area (Å²) in [6, 6.07) is 14.3. The molecule has 164 valence electrons. The molecule has 0 bridgehead atoms. The molecule has 0 saturated carbocycles. The summed E-state index contributed by atoms with van der Waals surface area (Å²) >= 11 is 0. The molecule has 0 aliphatic carbocycles. The fourth-order valence-corrected chi connectivity index (χ4v) is 4.63. The van der Waals surface area contributed by atoms with Crippen LogP contribution in [0.25, 0.3) is 0 Å². The molecule has 2 aliphatic heterocycles. The molecule has 1 fully saturated rings. The second-order valence-corrected chi connectivity index (χ2v) is 9.06. The van der Waals surface area contributed by atoms with Gasteiger partial charge in [-0.05, 0) is 69.0 Å². The lowest BCUT2D eigenvalue weighted by molar-refractivity contribution is -0.134. The van der Waals surface area contributed by atoms with E-state index < -0.39 is 0 Å². The van der Waals surface area contributed by atoms with Crippen molar-refractivity contribution in [2.24, 2.45) is 11.0 Å². The van der Waals surface area contributed by atoms with Crippen molar-refractivity contribution in [2.45, 2.75) is 46.1 Å². The zero-order valence-electron chi connectivity index (χ0n) is 19.1. The minimum atomic E-state index is -0.109. The van der Waals surface area contributed by atoms with Crippen molar-refractivity contribution in [2.75, 3.05) is 26.7 Å². The number of nitrogens with zero attached hydrogens (tertiary/aromatic N) is 3. The van der Waals surface area contributed by atoms with Gasteiger partial charge >= 0.3 is 0 Å². The van der Waals surface area contributed by atoms with Gasteiger partial charge in [-0.25, -0.2) is 5.01 Å². The number of hydrazone groups is 1. The van der Waals surface area contributed by atoms with Crippen molar-refractivity contribution >= 4 is 11.6 Å². The van der Waals surface area contributed by atoms with Gasteiger partial charge in [0.15, 0.2) is 0 Å². The predicted molar refractivity (Wildman–Crippen MR) is 124 cm³/mol. The SMILES string of the molecule is COc1cccc([C@@H]2CC(c3ccc(C)cc3C)=NN2C(=O)CN2CCC(C)CC2)c1. The Morgan fingerprint density at radius 2 is 1.90 bits per heavy atom. The molecule has 0 unspecified atom stereocenters. The Morgan fingerprint density at radius 3 is 2.61 bits per heavy atom. The van der Waals surface area contributed by atoms with E-state index in [0.29, 0.717) is 13.0 Å². The van der Waals surface area contributed by atoms with E-state index in [-0.39, 0.29) is 11.9 Å². The van der Waals surface area contributed by atoms with Gasteiger partial charge in [-0.15, -0.1) is 0 Å². The van der Waals surface area contributed by atoms with Gasteiger partial charge < -0.3 is 4.74 Å². The van der Waals surface area contributed by atoms with Gasteiger partial charge in [-0.3, -0.25) is 9.69 Å². The van der Waals surface area contributed by atoms with E-state index in [1.165, 1.54) is 11.1 Å². The van der Waals surface area contributed by atoms with E-state index in [2.05, 4.69) is 49.9 Å². The molecule has 2 aliphatic rings. The van der Waals surface area contributed by atoms with Crippen LogP contribution in [-0.4, -0.2) is 48.3 Å². The van der Waals surface area contributed by atoms with Crippen LogP contribution < -0.4 is 4.74 Å². The molecule has 0 N–H and O–H groups in total. The summed E-state index contributed by atoms with van der Waals surface area (Å²) in [6.45, 7) is 8.90. The maximum atomic E-state index is 13.4. The quantitative estimate of drug-likeness (QED) is 0.704. The van der Waals surface area contributed by atoms with E-state index in [0.717, 1.165) is 54.4 Å². The molecule has 5 nitrogen and oxygen atoms in total. The predicted octanol–water partition coefficient (Wildman–Crippen LogP) is 4.72. The first-order valence-corrected chi connectivity index (χ1v) is 11.3. The number of piperidine rings is 1. The minimum Gasteiger partial charge on any atom is -0.497 e. The van der Waals surface area contributed by atoms with E-state index in [1.807, 2.05) is 18.2 Å². The Bertz CT molecular complexity index is 976. The highest BCUT2D eigenvalue weighted by Gasteiger charge is 2.34. The molecule has 1 amide bonds. The highest BCUT2D eigenvalue weighted by Crippen LogP contribution is 2.35. The Hall–Kier alpha value is -2.66. The second-order valence-electron chi connectivity index (χ2n) is 9.06. The van der Waals surface area contributed by atoms with Crippen LogP contribution in [0.2, 0.25) is 0 Å². The standard InChI is InChI=1S/C26H33N3O2/c1-18-10-12-28(13-11-18)17-26(30)29-25(21-6-5-7-22(15-21)31-4)16-24(27-29)23-9-8-19(2)14-20(23)3/h5-9,14-15,18,25H,10-13,16-17H2,1-4H3/t25-/m0/s1. The molecular formula is C26H33N3O2. The van der Waals surface area contributed by atoms with Crippen molar-refractivity contribution in [3.05, 3.63) is 64.7 Å². The van der Waals surface area contributed by atoms with Gasteiger partial charge in [-0.1, -0.05) is 42.8 Å². The highest BCUT2D eigenvalue weighted by atomic mass is 16.5. The Labute approximate surface area is 185 Å². The van der Waals surface area contributed by atoms with Crippen molar-refractivity contribution in [3.63, 3.8) is 0 Å². The van der Waals surface area contributed by atoms with Crippen molar-refractivity contribution in [1.29, 1.82) is 0 Å². The summed E-state index contributed by atoms with van der Waals surface area (Å²) in [7, 11) is 1.67. The lowest BCUT2D eigenvalue weighted by atomic mass is 9.95. The molecule has 0 radical (unpaired) electrons. The number of carbonyl (C=O) groups is 1. The first-order chi connectivity index (χ1) is 14.9. The third-order valence-electron chi connectivity index (χ3n) is 6.57. The van der Waals surface area contributed by atoms with Crippen LogP contribution in [0.5, 0.6) is 5.75 Å². The fraction of sp³-hybridized carbons (Fsp3) is 0.462. The molecular weight excluding hydrogens is 386 g/mol. The summed E-state index contributed by atoms with van der Waals surface area (Å²) < 4.78 is 5.44. The molecule has 2 aromatic rings. The minimum absolute atomic E-state index is 0.0714. The molecule has 2 heterocycles. The van der Waals surface area contributed by atoms with Crippen molar-refractivity contribution < 1.29 is 9.53 Å². The van der Waals surface area contributed by atoms with Gasteiger partial charge in [0, 0.05) is 12.0 Å².